The highest BCUT2D eigenvalue weighted by Crippen LogP contribution is 2.41. The van der Waals surface area contributed by atoms with Gasteiger partial charge in [0.1, 0.15) is 24.7 Å². The first-order valence-electron chi connectivity index (χ1n) is 10.6. The predicted octanol–water partition coefficient (Wildman–Crippen LogP) is 4.10. The largest absolute Gasteiger partial charge is 0.488 e. The number of aromatic nitrogens is 1. The summed E-state index contributed by atoms with van der Waals surface area (Å²) in [6.45, 7) is 4.02. The number of nitrogens with zero attached hydrogens (tertiary/aromatic N) is 1. The first-order valence-corrected chi connectivity index (χ1v) is 10.6. The first-order chi connectivity index (χ1) is 15.5. The summed E-state index contributed by atoms with van der Waals surface area (Å²) in [5.74, 6) is -0.342. The van der Waals surface area contributed by atoms with Crippen molar-refractivity contribution in [2.45, 2.75) is 33.3 Å². The molecule has 1 aliphatic heterocycles. The third-order valence-electron chi connectivity index (χ3n) is 5.37. The quantitative estimate of drug-likeness (QED) is 0.567. The molecule has 4 rings (SSSR count). The van der Waals surface area contributed by atoms with Crippen LogP contribution in [-0.4, -0.2) is 29.6 Å². The van der Waals surface area contributed by atoms with Gasteiger partial charge >= 0.3 is 5.97 Å². The average molecular weight is 436 g/mol. The number of carbonyl (C=O) groups excluding carboxylic acids is 2. The maximum absolute atomic E-state index is 15.0. The van der Waals surface area contributed by atoms with E-state index in [0.717, 1.165) is 33.8 Å². The van der Waals surface area contributed by atoms with Crippen molar-refractivity contribution in [2.75, 3.05) is 13.2 Å². The Morgan fingerprint density at radius 3 is 2.78 bits per heavy atom. The van der Waals surface area contributed by atoms with Crippen molar-refractivity contribution in [3.63, 3.8) is 0 Å². The number of hydrogen-bond donors (Lipinski definition) is 1. The van der Waals surface area contributed by atoms with Crippen molar-refractivity contribution in [2.24, 2.45) is 0 Å². The number of ether oxygens (including phenoxy) is 2. The van der Waals surface area contributed by atoms with Crippen molar-refractivity contribution in [1.29, 1.82) is 0 Å². The number of para-hydroxylation sites is 1. The van der Waals surface area contributed by atoms with E-state index in [-0.39, 0.29) is 31.3 Å². The maximum Gasteiger partial charge on any atom is 0.325 e. The third kappa shape index (κ3) is 4.37. The number of benzene rings is 2. The molecule has 2 aromatic carbocycles. The summed E-state index contributed by atoms with van der Waals surface area (Å²) in [6, 6.07) is 14.8. The van der Waals surface area contributed by atoms with Gasteiger partial charge in [-0.05, 0) is 56.2 Å². The van der Waals surface area contributed by atoms with Gasteiger partial charge in [0, 0.05) is 23.2 Å². The van der Waals surface area contributed by atoms with E-state index in [1.807, 2.05) is 47.9 Å². The average Bonchev–Trinajstić information content (AvgIpc) is 3.15. The van der Waals surface area contributed by atoms with Crippen molar-refractivity contribution >= 4 is 11.9 Å². The Morgan fingerprint density at radius 1 is 1.19 bits per heavy atom. The van der Waals surface area contributed by atoms with E-state index in [1.54, 1.807) is 13.0 Å². The third-order valence-corrected chi connectivity index (χ3v) is 5.37. The molecule has 0 fully saturated rings. The van der Waals surface area contributed by atoms with E-state index in [2.05, 4.69) is 5.32 Å². The van der Waals surface area contributed by atoms with Crippen LogP contribution in [0.3, 0.4) is 0 Å². The van der Waals surface area contributed by atoms with Crippen LogP contribution < -0.4 is 10.1 Å². The molecule has 0 bridgehead atoms. The van der Waals surface area contributed by atoms with E-state index in [0.29, 0.717) is 18.7 Å². The zero-order chi connectivity index (χ0) is 22.7. The summed E-state index contributed by atoms with van der Waals surface area (Å²) in [6.07, 6.45) is 0.523. The first kappa shape index (κ1) is 21.6. The Bertz CT molecular complexity index is 1170. The van der Waals surface area contributed by atoms with Gasteiger partial charge < -0.3 is 19.4 Å². The van der Waals surface area contributed by atoms with Crippen LogP contribution in [0.25, 0.3) is 16.9 Å². The Labute approximate surface area is 186 Å². The number of carbonyl (C=O) groups is 2. The lowest BCUT2D eigenvalue weighted by molar-refractivity contribution is -0.143. The second kappa shape index (κ2) is 9.26. The topological polar surface area (TPSA) is 69.6 Å². The molecule has 1 aromatic heterocycles. The number of halogens is 1. The highest BCUT2D eigenvalue weighted by atomic mass is 19.1. The van der Waals surface area contributed by atoms with E-state index in [1.165, 1.54) is 6.07 Å². The summed E-state index contributed by atoms with van der Waals surface area (Å²) in [5, 5.41) is 2.57. The van der Waals surface area contributed by atoms with E-state index >= 15 is 4.39 Å². The molecule has 0 aliphatic carbocycles. The molecule has 0 saturated carbocycles. The molecule has 1 N–H and O–H groups in total. The van der Waals surface area contributed by atoms with Crippen LogP contribution in [0, 0.1) is 12.7 Å². The number of rotatable bonds is 7. The van der Waals surface area contributed by atoms with Gasteiger partial charge in [-0.3, -0.25) is 9.59 Å². The molecule has 32 heavy (non-hydrogen) atoms. The molecule has 6 nitrogen and oxygen atoms in total. The summed E-state index contributed by atoms with van der Waals surface area (Å²) in [4.78, 5) is 23.8. The zero-order valence-corrected chi connectivity index (χ0v) is 18.1. The molecule has 0 saturated heterocycles. The fourth-order valence-corrected chi connectivity index (χ4v) is 3.93. The van der Waals surface area contributed by atoms with Gasteiger partial charge in [-0.25, -0.2) is 4.39 Å². The number of nitrogens with one attached hydrogen (secondary N) is 1. The van der Waals surface area contributed by atoms with Crippen molar-refractivity contribution in [1.82, 2.24) is 9.88 Å². The van der Waals surface area contributed by atoms with Gasteiger partial charge in [0.25, 0.3) is 0 Å². The van der Waals surface area contributed by atoms with Crippen LogP contribution in [0.5, 0.6) is 5.75 Å². The fourth-order valence-electron chi connectivity index (χ4n) is 3.93. The van der Waals surface area contributed by atoms with Crippen LogP contribution in [0.2, 0.25) is 0 Å². The lowest BCUT2D eigenvalue weighted by atomic mass is 10.0. The lowest BCUT2D eigenvalue weighted by Crippen LogP contribution is -2.30. The van der Waals surface area contributed by atoms with Crippen molar-refractivity contribution in [3.8, 4) is 22.7 Å². The number of aryl methyl sites for hydroxylation is 2. The standard InChI is InChI=1S/C25H25FN2O4/c1-3-31-24(30)14-27-23(29)11-9-18-13-17-15-32-22-7-5-4-6-19(22)25(17)28(18)21-10-8-16(2)12-20(21)26/h4-8,10,12-13H,3,9,11,14-15H2,1-2H3,(H,27,29). The molecular formula is C25H25FN2O4. The Hall–Kier alpha value is -3.61. The van der Waals surface area contributed by atoms with E-state index in [4.69, 9.17) is 9.47 Å². The Morgan fingerprint density at radius 2 is 2.00 bits per heavy atom. The molecular weight excluding hydrogens is 411 g/mol. The molecule has 2 heterocycles. The van der Waals surface area contributed by atoms with Gasteiger partial charge in [-0.15, -0.1) is 0 Å². The smallest absolute Gasteiger partial charge is 0.325 e. The van der Waals surface area contributed by atoms with E-state index in [9.17, 15) is 9.59 Å². The highest BCUT2D eigenvalue weighted by molar-refractivity contribution is 5.82. The molecule has 0 radical (unpaired) electrons. The normalized spacial score (nSPS) is 11.8. The predicted molar refractivity (Wildman–Crippen MR) is 118 cm³/mol. The second-order valence-corrected chi connectivity index (χ2v) is 7.67. The number of fused-ring (bicyclic) bond motifs is 3. The molecule has 7 heteroatoms. The second-order valence-electron chi connectivity index (χ2n) is 7.67. The van der Waals surface area contributed by atoms with Gasteiger partial charge in [0.05, 0.1) is 18.0 Å². The monoisotopic (exact) mass is 436 g/mol. The zero-order valence-electron chi connectivity index (χ0n) is 18.1. The van der Waals surface area contributed by atoms with Crippen LogP contribution in [-0.2, 0) is 27.4 Å². The number of esters is 1. The molecule has 0 spiro atoms. The number of hydrogen-bond acceptors (Lipinski definition) is 4. The van der Waals surface area contributed by atoms with E-state index < -0.39 is 5.97 Å². The summed E-state index contributed by atoms with van der Waals surface area (Å²) >= 11 is 0. The fraction of sp³-hybridized carbons (Fsp3) is 0.280. The SMILES string of the molecule is CCOC(=O)CNC(=O)CCc1cc2c(n1-c1ccc(C)cc1F)-c1ccccc1OC2. The van der Waals surface area contributed by atoms with Gasteiger partial charge in [0.15, 0.2) is 0 Å². The van der Waals surface area contributed by atoms with Gasteiger partial charge in [-0.2, -0.15) is 0 Å². The molecule has 166 valence electrons. The maximum atomic E-state index is 15.0. The Balaban J connectivity index is 1.67. The minimum Gasteiger partial charge on any atom is -0.488 e. The van der Waals surface area contributed by atoms with Crippen molar-refractivity contribution in [3.05, 3.63) is 71.2 Å². The van der Waals surface area contributed by atoms with Crippen LogP contribution in [0.4, 0.5) is 4.39 Å². The van der Waals surface area contributed by atoms with Gasteiger partial charge in [-0.1, -0.05) is 18.2 Å². The molecule has 1 aliphatic rings. The molecule has 1 amide bonds. The number of amides is 1. The summed E-state index contributed by atoms with van der Waals surface area (Å²) in [5.41, 5.74) is 4.74. The molecule has 0 atom stereocenters. The molecule has 3 aromatic rings. The minimum atomic E-state index is -0.477. The minimum absolute atomic E-state index is 0.151. The summed E-state index contributed by atoms with van der Waals surface area (Å²) in [7, 11) is 0. The van der Waals surface area contributed by atoms with Crippen LogP contribution in [0.1, 0.15) is 30.2 Å². The van der Waals surface area contributed by atoms with Crippen LogP contribution >= 0.6 is 0 Å². The van der Waals surface area contributed by atoms with Gasteiger partial charge in [0.2, 0.25) is 5.91 Å². The Kier molecular flexibility index (Phi) is 6.25. The highest BCUT2D eigenvalue weighted by Gasteiger charge is 2.26. The molecule has 0 unspecified atom stereocenters. The lowest BCUT2D eigenvalue weighted by Gasteiger charge is -2.21. The van der Waals surface area contributed by atoms with Crippen molar-refractivity contribution < 1.29 is 23.5 Å². The van der Waals surface area contributed by atoms with Crippen LogP contribution in [0.15, 0.2) is 48.5 Å². The summed E-state index contributed by atoms with van der Waals surface area (Å²) < 4.78 is 27.6.